The molecule has 0 spiro atoms. The molecule has 3 aromatic carbocycles. The summed E-state index contributed by atoms with van der Waals surface area (Å²) in [6.45, 7) is 1.58. The van der Waals surface area contributed by atoms with Gasteiger partial charge in [0.25, 0.3) is 5.56 Å². The van der Waals surface area contributed by atoms with Crippen molar-refractivity contribution >= 4 is 24.0 Å². The van der Waals surface area contributed by atoms with Crippen LogP contribution in [0.15, 0.2) is 101 Å². The van der Waals surface area contributed by atoms with Gasteiger partial charge in [0.1, 0.15) is 12.0 Å². The standard InChI is InChI=1S/C36H33F4N5O4S/c1-3-49-33(47)21-44(19-24-4-8-27(9-5-24)28-10-12-30(13-11-28)36(38,39)40)32(22-46)45-20-29(16-26-17-41-43(2)18-26)34(48)42-35(45)50-23-25-6-14-31(37)15-7-25/h4-15,17-18,20,22,32H,3,16,19,21,23H2,1-2H3. The summed E-state index contributed by atoms with van der Waals surface area (Å²) in [5, 5.41) is 4.37. The Bertz CT molecular complexity index is 1980. The van der Waals surface area contributed by atoms with Gasteiger partial charge in [-0.2, -0.15) is 23.3 Å². The van der Waals surface area contributed by atoms with Gasteiger partial charge in [0, 0.05) is 43.7 Å². The average molecular weight is 708 g/mol. The number of ether oxygens (including phenoxy) is 1. The van der Waals surface area contributed by atoms with Gasteiger partial charge in [-0.15, -0.1) is 0 Å². The van der Waals surface area contributed by atoms with Crippen molar-refractivity contribution < 1.29 is 31.9 Å². The summed E-state index contributed by atoms with van der Waals surface area (Å²) in [6.07, 6.45) is 0.222. The van der Waals surface area contributed by atoms with Crippen molar-refractivity contribution in [3.8, 4) is 11.1 Å². The highest BCUT2D eigenvalue weighted by molar-refractivity contribution is 7.98. The molecule has 0 aliphatic carbocycles. The van der Waals surface area contributed by atoms with Crippen LogP contribution in [0.1, 0.15) is 40.9 Å². The number of benzene rings is 3. The van der Waals surface area contributed by atoms with E-state index in [1.807, 2.05) is 0 Å². The molecule has 1 unspecified atom stereocenters. The number of hydrogen-bond donors (Lipinski definition) is 0. The Morgan fingerprint density at radius 1 is 0.960 bits per heavy atom. The van der Waals surface area contributed by atoms with Crippen molar-refractivity contribution in [1.82, 2.24) is 24.2 Å². The van der Waals surface area contributed by atoms with Gasteiger partial charge in [0.15, 0.2) is 11.4 Å². The zero-order valence-electron chi connectivity index (χ0n) is 27.1. The van der Waals surface area contributed by atoms with Crippen molar-refractivity contribution in [2.75, 3.05) is 13.2 Å². The molecule has 0 N–H and O–H groups in total. The topological polar surface area (TPSA) is 99.3 Å². The highest BCUT2D eigenvalue weighted by Gasteiger charge is 2.30. The van der Waals surface area contributed by atoms with Crippen LogP contribution in [0.5, 0.6) is 0 Å². The zero-order chi connectivity index (χ0) is 35.8. The number of hydrogen-bond acceptors (Lipinski definition) is 8. The molecule has 5 aromatic rings. The quantitative estimate of drug-likeness (QED) is 0.0428. The number of carbonyl (C=O) groups is 2. The number of alkyl halides is 3. The van der Waals surface area contributed by atoms with Crippen molar-refractivity contribution in [1.29, 1.82) is 0 Å². The van der Waals surface area contributed by atoms with E-state index in [1.165, 1.54) is 36.0 Å². The second-order valence-corrected chi connectivity index (χ2v) is 12.3. The number of carbonyl (C=O) groups excluding carboxylic acids is 2. The minimum Gasteiger partial charge on any atom is -0.465 e. The summed E-state index contributed by atoms with van der Waals surface area (Å²) in [4.78, 5) is 45.0. The number of thioether (sulfide) groups is 1. The maximum absolute atomic E-state index is 13.5. The summed E-state index contributed by atoms with van der Waals surface area (Å²) in [5.74, 6) is -0.661. The molecule has 0 bridgehead atoms. The first-order valence-electron chi connectivity index (χ1n) is 15.5. The molecule has 0 saturated heterocycles. The second-order valence-electron chi connectivity index (χ2n) is 11.4. The van der Waals surface area contributed by atoms with E-state index in [4.69, 9.17) is 4.74 Å². The zero-order valence-corrected chi connectivity index (χ0v) is 28.0. The lowest BCUT2D eigenvalue weighted by Gasteiger charge is -2.30. The molecule has 260 valence electrons. The Hall–Kier alpha value is -5.08. The molecule has 9 nitrogen and oxygen atoms in total. The second kappa shape index (κ2) is 16.1. The van der Waals surface area contributed by atoms with Crippen molar-refractivity contribution in [3.05, 3.63) is 135 Å². The first kappa shape index (κ1) is 36.2. The number of halogens is 4. The van der Waals surface area contributed by atoms with E-state index in [0.29, 0.717) is 34.3 Å². The largest absolute Gasteiger partial charge is 0.465 e. The van der Waals surface area contributed by atoms with Gasteiger partial charge in [-0.1, -0.05) is 60.3 Å². The van der Waals surface area contributed by atoms with E-state index >= 15 is 0 Å². The Balaban J connectivity index is 1.49. The molecule has 0 aliphatic rings. The van der Waals surface area contributed by atoms with E-state index in [2.05, 4.69) is 10.1 Å². The number of aldehydes is 1. The van der Waals surface area contributed by atoms with Crippen molar-refractivity contribution in [2.24, 2.45) is 7.05 Å². The first-order valence-corrected chi connectivity index (χ1v) is 16.5. The molecule has 0 saturated carbocycles. The van der Waals surface area contributed by atoms with Crippen molar-refractivity contribution in [2.45, 2.75) is 43.1 Å². The molecule has 0 radical (unpaired) electrons. The lowest BCUT2D eigenvalue weighted by Crippen LogP contribution is -2.39. The predicted octanol–water partition coefficient (Wildman–Crippen LogP) is 6.45. The molecule has 50 heavy (non-hydrogen) atoms. The number of rotatable bonds is 14. The van der Waals surface area contributed by atoms with Gasteiger partial charge in [-0.25, -0.2) is 4.39 Å². The minimum absolute atomic E-state index is 0.0850. The van der Waals surface area contributed by atoms with E-state index in [9.17, 15) is 31.9 Å². The van der Waals surface area contributed by atoms with Gasteiger partial charge in [0.2, 0.25) is 0 Å². The fourth-order valence-corrected chi connectivity index (χ4v) is 6.20. The molecule has 2 heterocycles. The smallest absolute Gasteiger partial charge is 0.416 e. The van der Waals surface area contributed by atoms with Gasteiger partial charge in [-0.05, 0) is 59.0 Å². The molecular formula is C36H33F4N5O4S. The van der Waals surface area contributed by atoms with Crippen LogP contribution in [0, 0.1) is 5.82 Å². The van der Waals surface area contributed by atoms with Crippen LogP contribution in [-0.4, -0.2) is 49.6 Å². The maximum atomic E-state index is 13.5. The number of nitrogens with zero attached hydrogens (tertiary/aromatic N) is 5. The number of aromatic nitrogens is 4. The van der Waals surface area contributed by atoms with Gasteiger partial charge in [-0.3, -0.25) is 24.0 Å². The summed E-state index contributed by atoms with van der Waals surface area (Å²) >= 11 is 1.18. The molecule has 5 rings (SSSR count). The van der Waals surface area contributed by atoms with Crippen LogP contribution < -0.4 is 5.56 Å². The van der Waals surface area contributed by atoms with E-state index in [-0.39, 0.29) is 31.3 Å². The van der Waals surface area contributed by atoms with E-state index in [1.54, 1.807) is 83.1 Å². The molecule has 14 heteroatoms. The molecule has 0 fully saturated rings. The van der Waals surface area contributed by atoms with E-state index in [0.717, 1.165) is 23.3 Å². The Labute approximate surface area is 289 Å². The highest BCUT2D eigenvalue weighted by Crippen LogP contribution is 2.31. The molecule has 1 atom stereocenters. The van der Waals surface area contributed by atoms with Crippen LogP contribution in [0.4, 0.5) is 17.6 Å². The molecule has 2 aromatic heterocycles. The Kier molecular flexibility index (Phi) is 11.6. The summed E-state index contributed by atoms with van der Waals surface area (Å²) in [7, 11) is 1.75. The lowest BCUT2D eigenvalue weighted by atomic mass is 10.0. The third kappa shape index (κ3) is 9.33. The minimum atomic E-state index is -4.44. The third-order valence-electron chi connectivity index (χ3n) is 7.73. The fourth-order valence-electron chi connectivity index (χ4n) is 5.26. The lowest BCUT2D eigenvalue weighted by molar-refractivity contribution is -0.146. The fraction of sp³-hybridized carbons (Fsp3) is 0.250. The van der Waals surface area contributed by atoms with Crippen LogP contribution >= 0.6 is 11.8 Å². The summed E-state index contributed by atoms with van der Waals surface area (Å²) in [5.41, 5.74) is 2.53. The van der Waals surface area contributed by atoms with Gasteiger partial charge in [0.05, 0.1) is 24.9 Å². The number of esters is 1. The highest BCUT2D eigenvalue weighted by atomic mass is 32.2. The van der Waals surface area contributed by atoms with Gasteiger partial charge >= 0.3 is 12.1 Å². The van der Waals surface area contributed by atoms with Crippen LogP contribution in [-0.2, 0) is 46.3 Å². The summed E-state index contributed by atoms with van der Waals surface area (Å²) < 4.78 is 61.1. The first-order chi connectivity index (χ1) is 23.9. The summed E-state index contributed by atoms with van der Waals surface area (Å²) in [6, 6.07) is 17.7. The monoisotopic (exact) mass is 707 g/mol. The van der Waals surface area contributed by atoms with Crippen LogP contribution in [0.2, 0.25) is 0 Å². The van der Waals surface area contributed by atoms with E-state index < -0.39 is 35.3 Å². The average Bonchev–Trinajstić information content (AvgIpc) is 3.50. The SMILES string of the molecule is CCOC(=O)CN(Cc1ccc(-c2ccc(C(F)(F)F)cc2)cc1)C(C=O)n1cc(Cc2cnn(C)c2)c(=O)nc1SCc1ccc(F)cc1. The molecular weight excluding hydrogens is 674 g/mol. The van der Waals surface area contributed by atoms with Crippen LogP contribution in [0.25, 0.3) is 11.1 Å². The van der Waals surface area contributed by atoms with Gasteiger partial charge < -0.3 is 9.30 Å². The normalized spacial score (nSPS) is 12.2. The molecule has 0 aliphatic heterocycles. The van der Waals surface area contributed by atoms with Crippen molar-refractivity contribution in [3.63, 3.8) is 0 Å². The number of aryl methyl sites for hydroxylation is 1. The maximum Gasteiger partial charge on any atom is 0.416 e. The van der Waals surface area contributed by atoms with Crippen LogP contribution in [0.3, 0.4) is 0 Å². The Morgan fingerprint density at radius 3 is 2.18 bits per heavy atom. The predicted molar refractivity (Wildman–Crippen MR) is 179 cm³/mol. The Morgan fingerprint density at radius 2 is 1.60 bits per heavy atom. The third-order valence-corrected chi connectivity index (χ3v) is 8.76. The molecule has 0 amide bonds.